The molecule has 0 aromatic heterocycles. The molecule has 0 aliphatic heterocycles. The Bertz CT molecular complexity index is 672. The van der Waals surface area contributed by atoms with E-state index in [0.717, 1.165) is 33.4 Å². The largest absolute Gasteiger partial charge is 0.506 e. The number of rotatable bonds is 1. The topological polar surface area (TPSA) is 40.5 Å². The molecule has 0 bridgehead atoms. The predicted molar refractivity (Wildman–Crippen MR) is 105 cm³/mol. The molecule has 118 valence electrons. The highest BCUT2D eigenvalue weighted by Crippen LogP contribution is 2.49. The van der Waals surface area contributed by atoms with Crippen LogP contribution in [0.2, 0.25) is 0 Å². The Kier molecular flexibility index (Phi) is 5.37. The lowest BCUT2D eigenvalue weighted by Gasteiger charge is -2.21. The van der Waals surface area contributed by atoms with Crippen molar-refractivity contribution in [1.82, 2.24) is 0 Å². The van der Waals surface area contributed by atoms with Gasteiger partial charge in [0.15, 0.2) is 0 Å². The Morgan fingerprint density at radius 3 is 0.864 bits per heavy atom. The molecular weight excluding hydrogens is 544 g/mol. The molecule has 0 saturated heterocycles. The fourth-order valence-corrected chi connectivity index (χ4v) is 4.77. The van der Waals surface area contributed by atoms with E-state index in [1.54, 1.807) is 0 Å². The van der Waals surface area contributed by atoms with Crippen LogP contribution in [0.5, 0.6) is 11.5 Å². The van der Waals surface area contributed by atoms with Crippen LogP contribution >= 0.6 is 63.7 Å². The van der Waals surface area contributed by atoms with Crippen molar-refractivity contribution in [2.75, 3.05) is 0 Å². The Balaban J connectivity index is 3.03. The number of benzene rings is 2. The number of halogens is 4. The van der Waals surface area contributed by atoms with Crippen molar-refractivity contribution < 1.29 is 10.2 Å². The van der Waals surface area contributed by atoms with Crippen molar-refractivity contribution >= 4 is 63.7 Å². The number of phenols is 2. The first-order valence-electron chi connectivity index (χ1n) is 6.45. The third-order valence-corrected chi connectivity index (χ3v) is 7.78. The van der Waals surface area contributed by atoms with E-state index in [4.69, 9.17) is 0 Å². The van der Waals surface area contributed by atoms with Gasteiger partial charge in [-0.05, 0) is 125 Å². The summed E-state index contributed by atoms with van der Waals surface area (Å²) in [5, 5.41) is 20.4. The van der Waals surface area contributed by atoms with Crippen LogP contribution in [0.3, 0.4) is 0 Å². The third-order valence-electron chi connectivity index (χ3n) is 3.90. The van der Waals surface area contributed by atoms with Crippen LogP contribution in [-0.2, 0) is 0 Å². The van der Waals surface area contributed by atoms with E-state index in [-0.39, 0.29) is 11.5 Å². The standard InChI is InChI=1S/C16H14Br4O2/c1-5-9(6(2)12(18)15(21)11(5)17)10-7(3)13(19)16(22)14(20)8(10)4/h21-22H,1-4H3. The maximum absolute atomic E-state index is 10.2. The fraction of sp³-hybridized carbons (Fsp3) is 0.250. The lowest BCUT2D eigenvalue weighted by Crippen LogP contribution is -1.99. The van der Waals surface area contributed by atoms with Crippen LogP contribution in [0, 0.1) is 27.7 Å². The van der Waals surface area contributed by atoms with E-state index in [2.05, 4.69) is 63.7 Å². The minimum Gasteiger partial charge on any atom is -0.506 e. The smallest absolute Gasteiger partial charge is 0.144 e. The second-order valence-corrected chi connectivity index (χ2v) is 8.38. The van der Waals surface area contributed by atoms with Crippen molar-refractivity contribution in [2.24, 2.45) is 0 Å². The van der Waals surface area contributed by atoms with Crippen LogP contribution in [0.25, 0.3) is 11.1 Å². The van der Waals surface area contributed by atoms with Crippen LogP contribution in [0.4, 0.5) is 0 Å². The van der Waals surface area contributed by atoms with Crippen molar-refractivity contribution in [3.05, 3.63) is 40.1 Å². The van der Waals surface area contributed by atoms with Crippen molar-refractivity contribution in [2.45, 2.75) is 27.7 Å². The second kappa shape index (κ2) is 6.46. The second-order valence-electron chi connectivity index (χ2n) is 5.20. The number of aromatic hydroxyl groups is 2. The van der Waals surface area contributed by atoms with Crippen LogP contribution < -0.4 is 0 Å². The zero-order chi connectivity index (χ0) is 16.9. The van der Waals surface area contributed by atoms with Gasteiger partial charge < -0.3 is 10.2 Å². The molecular formula is C16H14Br4O2. The average molecular weight is 558 g/mol. The number of phenolic OH excluding ortho intramolecular Hbond substituents is 2. The minimum absolute atomic E-state index is 0.200. The highest BCUT2D eigenvalue weighted by molar-refractivity contribution is 9.11. The van der Waals surface area contributed by atoms with Gasteiger partial charge in [-0.2, -0.15) is 0 Å². The minimum atomic E-state index is 0.200. The summed E-state index contributed by atoms with van der Waals surface area (Å²) in [5.74, 6) is 0.400. The molecule has 22 heavy (non-hydrogen) atoms. The summed E-state index contributed by atoms with van der Waals surface area (Å²) >= 11 is 13.8. The first kappa shape index (κ1) is 18.3. The van der Waals surface area contributed by atoms with Gasteiger partial charge in [0.1, 0.15) is 11.5 Å². The Morgan fingerprint density at radius 1 is 0.500 bits per heavy atom. The molecule has 0 aliphatic rings. The molecule has 2 nitrogen and oxygen atoms in total. The van der Waals surface area contributed by atoms with Crippen LogP contribution in [0.15, 0.2) is 17.9 Å². The van der Waals surface area contributed by atoms with Crippen LogP contribution in [0.1, 0.15) is 22.3 Å². The lowest BCUT2D eigenvalue weighted by molar-refractivity contribution is 0.466. The van der Waals surface area contributed by atoms with E-state index in [1.165, 1.54) is 0 Å². The highest BCUT2D eigenvalue weighted by Gasteiger charge is 2.23. The van der Waals surface area contributed by atoms with Gasteiger partial charge in [-0.15, -0.1) is 0 Å². The predicted octanol–water partition coefficient (Wildman–Crippen LogP) is 7.05. The maximum atomic E-state index is 10.2. The zero-order valence-corrected chi connectivity index (χ0v) is 18.8. The van der Waals surface area contributed by atoms with Crippen molar-refractivity contribution in [1.29, 1.82) is 0 Å². The van der Waals surface area contributed by atoms with E-state index >= 15 is 0 Å². The summed E-state index contributed by atoms with van der Waals surface area (Å²) in [6, 6.07) is 0. The van der Waals surface area contributed by atoms with Gasteiger partial charge in [0, 0.05) is 0 Å². The fourth-order valence-electron chi connectivity index (χ4n) is 2.65. The SMILES string of the molecule is Cc1c(Br)c(O)c(Br)c(C)c1-c1c(C)c(Br)c(O)c(Br)c1C. The molecule has 0 unspecified atom stereocenters. The zero-order valence-electron chi connectivity index (χ0n) is 12.4. The van der Waals surface area contributed by atoms with Crippen molar-refractivity contribution in [3.63, 3.8) is 0 Å². The molecule has 0 heterocycles. The summed E-state index contributed by atoms with van der Waals surface area (Å²) in [5.41, 5.74) is 5.88. The van der Waals surface area contributed by atoms with Gasteiger partial charge in [-0.1, -0.05) is 0 Å². The van der Waals surface area contributed by atoms with Crippen molar-refractivity contribution in [3.8, 4) is 22.6 Å². The summed E-state index contributed by atoms with van der Waals surface area (Å²) in [7, 11) is 0. The summed E-state index contributed by atoms with van der Waals surface area (Å²) in [4.78, 5) is 0. The van der Waals surface area contributed by atoms with E-state index in [1.807, 2.05) is 27.7 Å². The van der Waals surface area contributed by atoms with Crippen LogP contribution in [-0.4, -0.2) is 10.2 Å². The first-order valence-corrected chi connectivity index (χ1v) is 9.63. The highest BCUT2D eigenvalue weighted by atomic mass is 79.9. The van der Waals surface area contributed by atoms with Gasteiger partial charge in [0.05, 0.1) is 17.9 Å². The molecule has 0 fully saturated rings. The van der Waals surface area contributed by atoms with E-state index in [9.17, 15) is 10.2 Å². The molecule has 2 aromatic carbocycles. The number of hydrogen-bond acceptors (Lipinski definition) is 2. The molecule has 0 aliphatic carbocycles. The maximum Gasteiger partial charge on any atom is 0.144 e. The first-order chi connectivity index (χ1) is 10.1. The molecule has 6 heteroatoms. The Morgan fingerprint density at radius 2 is 0.682 bits per heavy atom. The van der Waals surface area contributed by atoms with Gasteiger partial charge >= 0.3 is 0 Å². The summed E-state index contributed by atoms with van der Waals surface area (Å²) in [6.45, 7) is 7.86. The Hall–Kier alpha value is -0.0400. The lowest BCUT2D eigenvalue weighted by atomic mass is 9.89. The quantitative estimate of drug-likeness (QED) is 0.394. The summed E-state index contributed by atoms with van der Waals surface area (Å²) in [6.07, 6.45) is 0. The van der Waals surface area contributed by atoms with Gasteiger partial charge in [-0.3, -0.25) is 0 Å². The molecule has 0 atom stereocenters. The van der Waals surface area contributed by atoms with E-state index < -0.39 is 0 Å². The molecule has 0 radical (unpaired) electrons. The molecule has 0 amide bonds. The van der Waals surface area contributed by atoms with Gasteiger partial charge in [0.25, 0.3) is 0 Å². The summed E-state index contributed by atoms with van der Waals surface area (Å²) < 4.78 is 2.66. The normalized spacial score (nSPS) is 11.1. The van der Waals surface area contributed by atoms with Gasteiger partial charge in [0.2, 0.25) is 0 Å². The van der Waals surface area contributed by atoms with E-state index in [0.29, 0.717) is 17.9 Å². The number of hydrogen-bond donors (Lipinski definition) is 2. The average Bonchev–Trinajstić information content (AvgIpc) is 2.50. The monoisotopic (exact) mass is 554 g/mol. The molecule has 2 aromatic rings. The van der Waals surface area contributed by atoms with Gasteiger partial charge in [-0.25, -0.2) is 0 Å². The molecule has 0 saturated carbocycles. The Labute approximate surface area is 163 Å². The molecule has 2 rings (SSSR count). The molecule has 2 N–H and O–H groups in total. The third kappa shape index (κ3) is 2.66. The molecule has 0 spiro atoms.